The van der Waals surface area contributed by atoms with Crippen molar-refractivity contribution in [3.63, 3.8) is 0 Å². The third kappa shape index (κ3) is 2.29. The number of benzene rings is 1. The maximum Gasteiger partial charge on any atom is 0.253 e. The fraction of sp³-hybridized carbons (Fsp3) is 0.333. The Hall–Kier alpha value is -1.88. The Bertz CT molecular complexity index is 470. The highest BCUT2D eigenvalue weighted by atomic mass is 16.5. The zero-order valence-electron chi connectivity index (χ0n) is 9.47. The highest BCUT2D eigenvalue weighted by Gasteiger charge is 2.23. The second-order valence-electron chi connectivity index (χ2n) is 3.86. The molecule has 1 N–H and O–H groups in total. The molecule has 90 valence electrons. The lowest BCUT2D eigenvalue weighted by Crippen LogP contribution is -2.41. The van der Waals surface area contributed by atoms with Gasteiger partial charge in [-0.05, 0) is 25.1 Å². The molecule has 1 amide bonds. The van der Waals surface area contributed by atoms with Crippen LogP contribution in [0, 0.1) is 0 Å². The van der Waals surface area contributed by atoms with Gasteiger partial charge in [-0.2, -0.15) is 0 Å². The molecule has 1 aliphatic rings. The van der Waals surface area contributed by atoms with Gasteiger partial charge in [-0.25, -0.2) is 0 Å². The average Bonchev–Trinajstić information content (AvgIpc) is 2.30. The van der Waals surface area contributed by atoms with Crippen molar-refractivity contribution in [1.82, 2.24) is 0 Å². The van der Waals surface area contributed by atoms with Crippen LogP contribution in [0.2, 0.25) is 0 Å². The predicted molar refractivity (Wildman–Crippen MR) is 61.3 cm³/mol. The van der Waals surface area contributed by atoms with Crippen molar-refractivity contribution in [2.75, 3.05) is 24.7 Å². The van der Waals surface area contributed by atoms with Gasteiger partial charge in [0.1, 0.15) is 12.4 Å². The first-order chi connectivity index (χ1) is 8.09. The normalized spacial score (nSPS) is 16.1. The van der Waals surface area contributed by atoms with Crippen molar-refractivity contribution in [2.45, 2.75) is 6.92 Å². The molecule has 0 aliphatic carbocycles. The lowest BCUT2D eigenvalue weighted by Gasteiger charge is -2.27. The third-order valence-corrected chi connectivity index (χ3v) is 2.66. The molecule has 1 saturated heterocycles. The highest BCUT2D eigenvalue weighted by Crippen LogP contribution is 2.29. The van der Waals surface area contributed by atoms with Crippen LogP contribution in [0.5, 0.6) is 5.75 Å². The minimum Gasteiger partial charge on any atom is -0.506 e. The van der Waals surface area contributed by atoms with Gasteiger partial charge in [0.25, 0.3) is 5.91 Å². The quantitative estimate of drug-likeness (QED) is 0.775. The van der Waals surface area contributed by atoms with E-state index in [4.69, 9.17) is 4.74 Å². The molecular formula is C12H13NO4. The number of carbonyl (C=O) groups is 2. The van der Waals surface area contributed by atoms with Crippen LogP contribution < -0.4 is 4.90 Å². The van der Waals surface area contributed by atoms with E-state index in [9.17, 15) is 14.7 Å². The van der Waals surface area contributed by atoms with Gasteiger partial charge < -0.3 is 14.7 Å². The molecule has 0 atom stereocenters. The van der Waals surface area contributed by atoms with Gasteiger partial charge in [-0.15, -0.1) is 0 Å². The molecule has 2 rings (SSSR count). The summed E-state index contributed by atoms with van der Waals surface area (Å²) in [5, 5.41) is 9.74. The number of phenolic OH excluding ortho intramolecular Hbond substituents is 1. The van der Waals surface area contributed by atoms with Gasteiger partial charge in [0.2, 0.25) is 0 Å². The van der Waals surface area contributed by atoms with Crippen molar-refractivity contribution >= 4 is 17.4 Å². The summed E-state index contributed by atoms with van der Waals surface area (Å²) in [6, 6.07) is 4.49. The van der Waals surface area contributed by atoms with E-state index in [-0.39, 0.29) is 24.0 Å². The van der Waals surface area contributed by atoms with Gasteiger partial charge in [0, 0.05) is 12.1 Å². The number of amides is 1. The molecule has 0 spiro atoms. The number of carbonyl (C=O) groups excluding carboxylic acids is 2. The molecule has 1 aromatic rings. The predicted octanol–water partition coefficient (Wildman–Crippen LogP) is 0.958. The molecule has 1 fully saturated rings. The number of hydrogen-bond donors (Lipinski definition) is 1. The van der Waals surface area contributed by atoms with Gasteiger partial charge >= 0.3 is 0 Å². The van der Waals surface area contributed by atoms with E-state index in [2.05, 4.69) is 0 Å². The molecule has 0 aromatic heterocycles. The molecule has 1 aliphatic heterocycles. The minimum atomic E-state index is -0.216. The molecular weight excluding hydrogens is 222 g/mol. The Morgan fingerprint density at radius 2 is 2.24 bits per heavy atom. The summed E-state index contributed by atoms with van der Waals surface area (Å²) in [6.07, 6.45) is 0. The number of nitrogens with zero attached hydrogens (tertiary/aromatic N) is 1. The van der Waals surface area contributed by atoms with E-state index < -0.39 is 0 Å². The summed E-state index contributed by atoms with van der Waals surface area (Å²) in [4.78, 5) is 24.3. The van der Waals surface area contributed by atoms with Crippen LogP contribution in [0.4, 0.5) is 5.69 Å². The van der Waals surface area contributed by atoms with Crippen LogP contribution in [0.15, 0.2) is 18.2 Å². The SMILES string of the molecule is CC(=O)c1ccc(O)c(N2CCOCC2=O)c1. The second kappa shape index (κ2) is 4.55. The van der Waals surface area contributed by atoms with E-state index in [1.807, 2.05) is 0 Å². The summed E-state index contributed by atoms with van der Waals surface area (Å²) in [6.45, 7) is 2.25. The Morgan fingerprint density at radius 3 is 2.88 bits per heavy atom. The van der Waals surface area contributed by atoms with Crippen molar-refractivity contribution < 1.29 is 19.4 Å². The number of hydrogen-bond acceptors (Lipinski definition) is 4. The second-order valence-corrected chi connectivity index (χ2v) is 3.86. The fourth-order valence-electron chi connectivity index (χ4n) is 1.73. The number of ketones is 1. The molecule has 17 heavy (non-hydrogen) atoms. The van der Waals surface area contributed by atoms with Crippen LogP contribution in [-0.2, 0) is 9.53 Å². The van der Waals surface area contributed by atoms with E-state index >= 15 is 0 Å². The number of ether oxygens (including phenoxy) is 1. The van der Waals surface area contributed by atoms with E-state index in [1.54, 1.807) is 0 Å². The topological polar surface area (TPSA) is 66.8 Å². The van der Waals surface area contributed by atoms with Crippen molar-refractivity contribution in [2.24, 2.45) is 0 Å². The van der Waals surface area contributed by atoms with Crippen LogP contribution in [0.1, 0.15) is 17.3 Å². The minimum absolute atomic E-state index is 0.00371. The maximum absolute atomic E-state index is 11.6. The molecule has 0 radical (unpaired) electrons. The maximum atomic E-state index is 11.6. The molecule has 5 nitrogen and oxygen atoms in total. The molecule has 1 heterocycles. The van der Waals surface area contributed by atoms with Crippen molar-refractivity contribution in [3.8, 4) is 5.75 Å². The van der Waals surface area contributed by atoms with Gasteiger partial charge in [0.15, 0.2) is 5.78 Å². The van der Waals surface area contributed by atoms with Gasteiger partial charge in [-0.1, -0.05) is 0 Å². The van der Waals surface area contributed by atoms with E-state index in [1.165, 1.54) is 30.0 Å². The number of rotatable bonds is 2. The number of aromatic hydroxyl groups is 1. The van der Waals surface area contributed by atoms with Crippen molar-refractivity contribution in [3.05, 3.63) is 23.8 Å². The first-order valence-electron chi connectivity index (χ1n) is 5.31. The first kappa shape index (κ1) is 11.6. The summed E-state index contributed by atoms with van der Waals surface area (Å²) in [5.74, 6) is -0.329. The Labute approximate surface area is 98.6 Å². The average molecular weight is 235 g/mol. The zero-order chi connectivity index (χ0) is 12.4. The molecule has 1 aromatic carbocycles. The van der Waals surface area contributed by atoms with Gasteiger partial charge in [0.05, 0.1) is 12.3 Å². The monoisotopic (exact) mass is 235 g/mol. The van der Waals surface area contributed by atoms with E-state index in [0.29, 0.717) is 24.4 Å². The number of Topliss-reactive ketones (excluding diaryl/α,β-unsaturated/α-hetero) is 1. The highest BCUT2D eigenvalue weighted by molar-refractivity contribution is 6.00. The number of morpholine rings is 1. The molecule has 0 bridgehead atoms. The summed E-state index contributed by atoms with van der Waals surface area (Å²) in [7, 11) is 0. The van der Waals surface area contributed by atoms with Crippen LogP contribution >= 0.6 is 0 Å². The van der Waals surface area contributed by atoms with Crippen molar-refractivity contribution in [1.29, 1.82) is 0 Å². The van der Waals surface area contributed by atoms with Crippen LogP contribution in [-0.4, -0.2) is 36.6 Å². The summed E-state index contributed by atoms with van der Waals surface area (Å²) in [5.41, 5.74) is 0.836. The standard InChI is InChI=1S/C12H13NO4/c1-8(14)9-2-3-11(15)10(6-9)13-4-5-17-7-12(13)16/h2-3,6,15H,4-5,7H2,1H3. The fourth-order valence-corrected chi connectivity index (χ4v) is 1.73. The number of phenols is 1. The first-order valence-corrected chi connectivity index (χ1v) is 5.31. The lowest BCUT2D eigenvalue weighted by atomic mass is 10.1. The molecule has 0 saturated carbocycles. The molecule has 5 heteroatoms. The molecule has 0 unspecified atom stereocenters. The van der Waals surface area contributed by atoms with Crippen LogP contribution in [0.3, 0.4) is 0 Å². The smallest absolute Gasteiger partial charge is 0.253 e. The Balaban J connectivity index is 2.39. The lowest BCUT2D eigenvalue weighted by molar-refractivity contribution is -0.125. The zero-order valence-corrected chi connectivity index (χ0v) is 9.47. The Morgan fingerprint density at radius 1 is 1.47 bits per heavy atom. The Kier molecular flexibility index (Phi) is 3.10. The third-order valence-electron chi connectivity index (χ3n) is 2.66. The van der Waals surface area contributed by atoms with Crippen LogP contribution in [0.25, 0.3) is 0 Å². The van der Waals surface area contributed by atoms with Gasteiger partial charge in [-0.3, -0.25) is 9.59 Å². The number of anilines is 1. The largest absolute Gasteiger partial charge is 0.506 e. The summed E-state index contributed by atoms with van der Waals surface area (Å²) < 4.78 is 5.01. The van der Waals surface area contributed by atoms with E-state index in [0.717, 1.165) is 0 Å². The summed E-state index contributed by atoms with van der Waals surface area (Å²) >= 11 is 0.